The van der Waals surface area contributed by atoms with E-state index in [1.54, 1.807) is 6.07 Å². The summed E-state index contributed by atoms with van der Waals surface area (Å²) in [4.78, 5) is 5.35. The molecule has 0 aliphatic carbocycles. The molecular formula is C15H21FN2. The summed E-state index contributed by atoms with van der Waals surface area (Å²) in [6.07, 6.45) is 2.88. The van der Waals surface area contributed by atoms with Crippen molar-refractivity contribution in [2.24, 2.45) is 5.92 Å². The van der Waals surface area contributed by atoms with Gasteiger partial charge in [0.2, 0.25) is 0 Å². The monoisotopic (exact) mass is 248 g/mol. The lowest BCUT2D eigenvalue weighted by molar-refractivity contribution is 0.299. The molecule has 2 rings (SSSR count). The highest BCUT2D eigenvalue weighted by Crippen LogP contribution is 2.21. The Morgan fingerprint density at radius 3 is 2.83 bits per heavy atom. The van der Waals surface area contributed by atoms with Gasteiger partial charge in [0.1, 0.15) is 5.82 Å². The Hall–Kier alpha value is -1.35. The van der Waals surface area contributed by atoms with Gasteiger partial charge in [-0.1, -0.05) is 26.0 Å². The van der Waals surface area contributed by atoms with Gasteiger partial charge in [-0.3, -0.25) is 0 Å². The molecule has 0 radical (unpaired) electrons. The quantitative estimate of drug-likeness (QED) is 0.858. The molecule has 0 spiro atoms. The summed E-state index contributed by atoms with van der Waals surface area (Å²) in [6.45, 7) is 6.54. The molecule has 0 saturated heterocycles. The summed E-state index contributed by atoms with van der Waals surface area (Å²) in [5.74, 6) is 0.504. The summed E-state index contributed by atoms with van der Waals surface area (Å²) >= 11 is 0. The highest BCUT2D eigenvalue weighted by molar-refractivity contribution is 5.83. The number of fused-ring (bicyclic) bond motifs is 1. The van der Waals surface area contributed by atoms with E-state index in [0.29, 0.717) is 11.4 Å². The van der Waals surface area contributed by atoms with E-state index in [4.69, 9.17) is 0 Å². The summed E-state index contributed by atoms with van der Waals surface area (Å²) < 4.78 is 13.5. The Morgan fingerprint density at radius 1 is 1.33 bits per heavy atom. The molecule has 0 fully saturated rings. The van der Waals surface area contributed by atoms with E-state index < -0.39 is 0 Å². The van der Waals surface area contributed by atoms with Gasteiger partial charge in [0.25, 0.3) is 0 Å². The molecule has 1 aromatic carbocycles. The van der Waals surface area contributed by atoms with Crippen molar-refractivity contribution in [1.29, 1.82) is 0 Å². The molecule has 0 aliphatic rings. The lowest BCUT2D eigenvalue weighted by atomic mass is 10.1. The first-order valence-electron chi connectivity index (χ1n) is 6.51. The number of benzene rings is 1. The second-order valence-corrected chi connectivity index (χ2v) is 5.38. The third-order valence-electron chi connectivity index (χ3n) is 3.19. The zero-order chi connectivity index (χ0) is 13.1. The van der Waals surface area contributed by atoms with Gasteiger partial charge < -0.3 is 9.88 Å². The SMILES string of the molecule is CC(C)CN(C)CCc1c[nH]c2c(F)cccc12. The van der Waals surface area contributed by atoms with Crippen LogP contribution in [0.3, 0.4) is 0 Å². The molecule has 98 valence electrons. The Kier molecular flexibility index (Phi) is 4.02. The molecule has 0 aliphatic heterocycles. The van der Waals surface area contributed by atoms with Crippen LogP contribution in [-0.4, -0.2) is 30.0 Å². The molecule has 0 amide bonds. The van der Waals surface area contributed by atoms with Gasteiger partial charge in [-0.2, -0.15) is 0 Å². The van der Waals surface area contributed by atoms with Gasteiger partial charge in [0.15, 0.2) is 0 Å². The predicted octanol–water partition coefficient (Wildman–Crippen LogP) is 3.44. The van der Waals surface area contributed by atoms with Crippen LogP contribution < -0.4 is 0 Å². The van der Waals surface area contributed by atoms with Gasteiger partial charge in [-0.15, -0.1) is 0 Å². The summed E-state index contributed by atoms with van der Waals surface area (Å²) in [6, 6.07) is 5.24. The first-order chi connectivity index (χ1) is 8.58. The van der Waals surface area contributed by atoms with Crippen molar-refractivity contribution in [3.63, 3.8) is 0 Å². The number of nitrogens with zero attached hydrogens (tertiary/aromatic N) is 1. The summed E-state index contributed by atoms with van der Waals surface area (Å²) in [7, 11) is 2.13. The van der Waals surface area contributed by atoms with Gasteiger partial charge in [0, 0.05) is 24.7 Å². The van der Waals surface area contributed by atoms with Gasteiger partial charge >= 0.3 is 0 Å². The van der Waals surface area contributed by atoms with Crippen LogP contribution in [0.1, 0.15) is 19.4 Å². The topological polar surface area (TPSA) is 19.0 Å². The lowest BCUT2D eigenvalue weighted by Gasteiger charge is -2.18. The Bertz CT molecular complexity index is 516. The number of hydrogen-bond donors (Lipinski definition) is 1. The number of hydrogen-bond acceptors (Lipinski definition) is 1. The number of para-hydroxylation sites is 1. The molecule has 0 atom stereocenters. The smallest absolute Gasteiger partial charge is 0.147 e. The van der Waals surface area contributed by atoms with Crippen molar-refractivity contribution in [3.8, 4) is 0 Å². The normalized spacial score (nSPS) is 11.9. The minimum absolute atomic E-state index is 0.172. The van der Waals surface area contributed by atoms with Crippen molar-refractivity contribution >= 4 is 10.9 Å². The predicted molar refractivity (Wildman–Crippen MR) is 74.3 cm³/mol. The third-order valence-corrected chi connectivity index (χ3v) is 3.19. The average molecular weight is 248 g/mol. The third kappa shape index (κ3) is 2.91. The fraction of sp³-hybridized carbons (Fsp3) is 0.467. The van der Waals surface area contributed by atoms with E-state index in [2.05, 4.69) is 30.8 Å². The van der Waals surface area contributed by atoms with Gasteiger partial charge in [-0.25, -0.2) is 4.39 Å². The number of aromatic amines is 1. The molecule has 2 aromatic rings. The zero-order valence-electron chi connectivity index (χ0n) is 11.3. The van der Waals surface area contributed by atoms with Crippen LogP contribution in [0.4, 0.5) is 4.39 Å². The maximum Gasteiger partial charge on any atom is 0.147 e. The van der Waals surface area contributed by atoms with Crippen molar-refractivity contribution in [2.75, 3.05) is 20.1 Å². The van der Waals surface area contributed by atoms with Crippen LogP contribution in [0.5, 0.6) is 0 Å². The second-order valence-electron chi connectivity index (χ2n) is 5.38. The van der Waals surface area contributed by atoms with Crippen LogP contribution >= 0.6 is 0 Å². The first-order valence-corrected chi connectivity index (χ1v) is 6.51. The Labute approximate surface area is 108 Å². The average Bonchev–Trinajstić information content (AvgIpc) is 2.70. The van der Waals surface area contributed by atoms with Gasteiger partial charge in [0.05, 0.1) is 5.52 Å². The van der Waals surface area contributed by atoms with E-state index in [-0.39, 0.29) is 5.82 Å². The molecule has 1 heterocycles. The number of likely N-dealkylation sites (N-methyl/N-ethyl adjacent to an activating group) is 1. The number of aromatic nitrogens is 1. The molecular weight excluding hydrogens is 227 g/mol. The molecule has 18 heavy (non-hydrogen) atoms. The highest BCUT2D eigenvalue weighted by atomic mass is 19.1. The van der Waals surface area contributed by atoms with E-state index in [1.807, 2.05) is 12.3 Å². The Balaban J connectivity index is 2.06. The number of rotatable bonds is 5. The van der Waals surface area contributed by atoms with Crippen molar-refractivity contribution in [1.82, 2.24) is 9.88 Å². The maximum absolute atomic E-state index is 13.5. The largest absolute Gasteiger partial charge is 0.359 e. The molecule has 1 aromatic heterocycles. The Morgan fingerprint density at radius 2 is 2.11 bits per heavy atom. The fourth-order valence-electron chi connectivity index (χ4n) is 2.41. The van der Waals surface area contributed by atoms with Crippen LogP contribution in [0, 0.1) is 11.7 Å². The van der Waals surface area contributed by atoms with Crippen molar-refractivity contribution in [3.05, 3.63) is 35.8 Å². The molecule has 0 unspecified atom stereocenters. The number of nitrogens with one attached hydrogen (secondary N) is 1. The van der Waals surface area contributed by atoms with Crippen LogP contribution in [0.15, 0.2) is 24.4 Å². The number of H-pyrrole nitrogens is 1. The number of halogens is 1. The van der Waals surface area contributed by atoms with E-state index in [0.717, 1.165) is 24.9 Å². The molecule has 1 N–H and O–H groups in total. The maximum atomic E-state index is 13.5. The van der Waals surface area contributed by atoms with E-state index in [1.165, 1.54) is 11.6 Å². The minimum atomic E-state index is -0.172. The van der Waals surface area contributed by atoms with Crippen LogP contribution in [0.2, 0.25) is 0 Å². The lowest BCUT2D eigenvalue weighted by Crippen LogP contribution is -2.25. The fourth-order valence-corrected chi connectivity index (χ4v) is 2.41. The van der Waals surface area contributed by atoms with E-state index >= 15 is 0 Å². The molecule has 0 saturated carbocycles. The van der Waals surface area contributed by atoms with Crippen molar-refractivity contribution in [2.45, 2.75) is 20.3 Å². The van der Waals surface area contributed by atoms with Crippen molar-refractivity contribution < 1.29 is 4.39 Å². The van der Waals surface area contributed by atoms with Crippen LogP contribution in [-0.2, 0) is 6.42 Å². The van der Waals surface area contributed by atoms with Gasteiger partial charge in [-0.05, 0) is 31.0 Å². The standard InChI is InChI=1S/C15H21FN2/c1-11(2)10-18(3)8-7-12-9-17-15-13(12)5-4-6-14(15)16/h4-6,9,11,17H,7-8,10H2,1-3H3. The van der Waals surface area contributed by atoms with Crippen LogP contribution in [0.25, 0.3) is 10.9 Å². The molecule has 3 heteroatoms. The van der Waals surface area contributed by atoms with E-state index in [9.17, 15) is 4.39 Å². The highest BCUT2D eigenvalue weighted by Gasteiger charge is 2.08. The zero-order valence-corrected chi connectivity index (χ0v) is 11.3. The molecule has 0 bridgehead atoms. The second kappa shape index (κ2) is 5.53. The molecule has 2 nitrogen and oxygen atoms in total. The minimum Gasteiger partial charge on any atom is -0.359 e. The summed E-state index contributed by atoms with van der Waals surface area (Å²) in [5.41, 5.74) is 1.82. The summed E-state index contributed by atoms with van der Waals surface area (Å²) in [5, 5.41) is 1.01. The first kappa shape index (κ1) is 13.1.